The van der Waals surface area contributed by atoms with Gasteiger partial charge in [0.2, 0.25) is 0 Å². The maximum Gasteiger partial charge on any atom is 0.0855 e. The molecule has 2 heteroatoms. The van der Waals surface area contributed by atoms with Crippen LogP contribution < -0.4 is 0 Å². The number of hydrogen-bond acceptors (Lipinski definition) is 2. The number of thiophene rings is 1. The summed E-state index contributed by atoms with van der Waals surface area (Å²) in [6, 6.07) is 20.6. The maximum atomic E-state index is 5.31. The lowest BCUT2D eigenvalue weighted by atomic mass is 9.82. The molecule has 5 rings (SSSR count). The highest BCUT2D eigenvalue weighted by Gasteiger charge is 2.21. The van der Waals surface area contributed by atoms with E-state index >= 15 is 0 Å². The quantitative estimate of drug-likeness (QED) is 0.237. The molecule has 0 spiro atoms. The number of nitrogens with zero attached hydrogens (tertiary/aromatic N) is 1. The first-order chi connectivity index (χ1) is 17.4. The van der Waals surface area contributed by atoms with E-state index in [9.17, 15) is 0 Å². The smallest absolute Gasteiger partial charge is 0.0855 e. The molecule has 1 nitrogen and oxygen atoms in total. The van der Waals surface area contributed by atoms with Crippen LogP contribution >= 0.6 is 11.3 Å². The van der Waals surface area contributed by atoms with Crippen LogP contribution in [0.1, 0.15) is 67.3 Å². The molecule has 0 amide bonds. The van der Waals surface area contributed by atoms with Gasteiger partial charge in [-0.2, -0.15) is 0 Å². The molecule has 0 unspecified atom stereocenters. The molecule has 0 aliphatic rings. The molecule has 0 fully saturated rings. The van der Waals surface area contributed by atoms with Crippen LogP contribution in [0.4, 0.5) is 0 Å². The van der Waals surface area contributed by atoms with Gasteiger partial charge in [-0.25, -0.2) is 4.98 Å². The molecule has 5 aromatic rings. The number of fused-ring (bicyclic) bond motifs is 2. The van der Waals surface area contributed by atoms with E-state index in [-0.39, 0.29) is 5.41 Å². The number of hydrogen-bond donors (Lipinski definition) is 0. The van der Waals surface area contributed by atoms with E-state index < -0.39 is 0 Å². The van der Waals surface area contributed by atoms with Gasteiger partial charge in [0.15, 0.2) is 0 Å². The van der Waals surface area contributed by atoms with E-state index in [0.717, 1.165) is 17.6 Å². The Balaban J connectivity index is 1.81. The van der Waals surface area contributed by atoms with Crippen LogP contribution in [0.5, 0.6) is 0 Å². The molecule has 2 heterocycles. The second-order valence-electron chi connectivity index (χ2n) is 12.2. The minimum absolute atomic E-state index is 0.0385. The highest BCUT2D eigenvalue weighted by atomic mass is 32.1. The fourth-order valence-electron chi connectivity index (χ4n) is 5.77. The summed E-state index contributed by atoms with van der Waals surface area (Å²) < 4.78 is 1.30. The van der Waals surface area contributed by atoms with Crippen LogP contribution in [-0.4, -0.2) is 4.98 Å². The van der Waals surface area contributed by atoms with Gasteiger partial charge in [0.25, 0.3) is 0 Å². The Bertz CT molecular complexity index is 1620. The van der Waals surface area contributed by atoms with Gasteiger partial charge in [0.05, 0.1) is 15.9 Å². The number of rotatable bonds is 4. The van der Waals surface area contributed by atoms with Crippen LogP contribution in [0.3, 0.4) is 0 Å². The Hall–Kier alpha value is -2.97. The Kier molecular flexibility index (Phi) is 6.52. The number of pyridine rings is 1. The average Bonchev–Trinajstić information content (AvgIpc) is 3.10. The minimum Gasteiger partial charge on any atom is -0.247 e. The highest BCUT2D eigenvalue weighted by molar-refractivity contribution is 7.19. The zero-order valence-corrected chi connectivity index (χ0v) is 24.7. The van der Waals surface area contributed by atoms with Crippen molar-refractivity contribution in [2.45, 2.75) is 74.1 Å². The number of aromatic nitrogens is 1. The topological polar surface area (TPSA) is 12.9 Å². The number of aryl methyl sites for hydroxylation is 4. The predicted octanol–water partition coefficient (Wildman–Crippen LogP) is 10.5. The van der Waals surface area contributed by atoms with Gasteiger partial charge in [0.1, 0.15) is 0 Å². The molecule has 0 atom stereocenters. The lowest BCUT2D eigenvalue weighted by Crippen LogP contribution is -2.12. The maximum absolute atomic E-state index is 5.31. The zero-order valence-electron chi connectivity index (χ0n) is 23.8. The lowest BCUT2D eigenvalue weighted by molar-refractivity contribution is 0.596. The van der Waals surface area contributed by atoms with Crippen molar-refractivity contribution in [1.29, 1.82) is 0 Å². The monoisotopic (exact) mass is 505 g/mol. The Morgan fingerprint density at radius 3 is 2.19 bits per heavy atom. The molecule has 0 bridgehead atoms. The van der Waals surface area contributed by atoms with Gasteiger partial charge < -0.3 is 0 Å². The number of benzene rings is 3. The van der Waals surface area contributed by atoms with Gasteiger partial charge in [0, 0.05) is 16.0 Å². The predicted molar refractivity (Wildman–Crippen MR) is 164 cm³/mol. The van der Waals surface area contributed by atoms with Crippen molar-refractivity contribution in [2.75, 3.05) is 0 Å². The first-order valence-corrected chi connectivity index (χ1v) is 14.3. The normalized spacial score (nSPS) is 12.3. The molecule has 0 saturated heterocycles. The summed E-state index contributed by atoms with van der Waals surface area (Å²) >= 11 is 1.88. The Labute approximate surface area is 226 Å². The van der Waals surface area contributed by atoms with Crippen LogP contribution in [0.15, 0.2) is 54.6 Å². The molecule has 0 aliphatic carbocycles. The molecule has 0 aliphatic heterocycles. The van der Waals surface area contributed by atoms with Gasteiger partial charge in [-0.05, 0) is 108 Å². The van der Waals surface area contributed by atoms with Crippen molar-refractivity contribution in [2.24, 2.45) is 5.92 Å². The third-order valence-electron chi connectivity index (χ3n) is 7.58. The molecule has 37 heavy (non-hydrogen) atoms. The molecular formula is C35H39NS. The standard InChI is InChI=1S/C35H39NS/c1-20(2)14-25-15-21(3)32(22(4)16-25)29-19-31(36-33-23(5)24(6)37-34(29)33)27-17-26-12-10-11-13-28(26)30(18-27)35(7,8)9/h10-13,15-20H,14H2,1-9H3. The molecule has 0 radical (unpaired) electrons. The Morgan fingerprint density at radius 2 is 1.54 bits per heavy atom. The molecule has 0 saturated carbocycles. The summed E-state index contributed by atoms with van der Waals surface area (Å²) in [6.07, 6.45) is 1.11. The summed E-state index contributed by atoms with van der Waals surface area (Å²) in [6.45, 7) is 20.5. The summed E-state index contributed by atoms with van der Waals surface area (Å²) in [5.41, 5.74) is 12.9. The van der Waals surface area contributed by atoms with E-state index in [2.05, 4.69) is 117 Å². The van der Waals surface area contributed by atoms with Crippen molar-refractivity contribution in [3.05, 3.63) is 87.3 Å². The van der Waals surface area contributed by atoms with E-state index in [4.69, 9.17) is 4.98 Å². The van der Waals surface area contributed by atoms with Crippen LogP contribution in [0.25, 0.3) is 43.4 Å². The average molecular weight is 506 g/mol. The molecule has 2 aromatic heterocycles. The van der Waals surface area contributed by atoms with Crippen molar-refractivity contribution in [3.8, 4) is 22.4 Å². The molecular weight excluding hydrogens is 466 g/mol. The first-order valence-electron chi connectivity index (χ1n) is 13.5. The van der Waals surface area contributed by atoms with Crippen LogP contribution in [0, 0.1) is 33.6 Å². The van der Waals surface area contributed by atoms with Crippen molar-refractivity contribution in [3.63, 3.8) is 0 Å². The van der Waals surface area contributed by atoms with Gasteiger partial charge >= 0.3 is 0 Å². The van der Waals surface area contributed by atoms with E-state index in [1.807, 2.05) is 11.3 Å². The van der Waals surface area contributed by atoms with Crippen LogP contribution in [-0.2, 0) is 11.8 Å². The van der Waals surface area contributed by atoms with Crippen molar-refractivity contribution >= 4 is 32.3 Å². The van der Waals surface area contributed by atoms with Gasteiger partial charge in [-0.15, -0.1) is 11.3 Å². The van der Waals surface area contributed by atoms with E-state index in [1.54, 1.807) is 0 Å². The van der Waals surface area contributed by atoms with Crippen molar-refractivity contribution < 1.29 is 0 Å². The molecule has 190 valence electrons. The van der Waals surface area contributed by atoms with E-state index in [0.29, 0.717) is 5.92 Å². The first kappa shape index (κ1) is 25.7. The zero-order chi connectivity index (χ0) is 26.6. The second kappa shape index (κ2) is 9.40. The summed E-state index contributed by atoms with van der Waals surface area (Å²) in [7, 11) is 0. The third-order valence-corrected chi connectivity index (χ3v) is 8.81. The SMILES string of the molecule is Cc1cc(CC(C)C)cc(C)c1-c1cc(-c2cc(C(C)(C)C)c3ccccc3c2)nc2c(C)c(C)sc12. The van der Waals surface area contributed by atoms with Crippen molar-refractivity contribution in [1.82, 2.24) is 4.98 Å². The summed E-state index contributed by atoms with van der Waals surface area (Å²) in [5, 5.41) is 2.60. The summed E-state index contributed by atoms with van der Waals surface area (Å²) in [4.78, 5) is 6.66. The Morgan fingerprint density at radius 1 is 0.865 bits per heavy atom. The molecule has 3 aromatic carbocycles. The third kappa shape index (κ3) is 4.73. The lowest BCUT2D eigenvalue weighted by Gasteiger charge is -2.23. The highest BCUT2D eigenvalue weighted by Crippen LogP contribution is 2.43. The second-order valence-corrected chi connectivity index (χ2v) is 13.4. The van der Waals surface area contributed by atoms with Gasteiger partial charge in [-0.3, -0.25) is 0 Å². The minimum atomic E-state index is 0.0385. The summed E-state index contributed by atoms with van der Waals surface area (Å²) in [5.74, 6) is 0.649. The van der Waals surface area contributed by atoms with Gasteiger partial charge in [-0.1, -0.05) is 71.0 Å². The molecule has 0 N–H and O–H groups in total. The largest absolute Gasteiger partial charge is 0.247 e. The fourth-order valence-corrected chi connectivity index (χ4v) is 6.89. The fraction of sp³-hybridized carbons (Fsp3) is 0.343. The van der Waals surface area contributed by atoms with E-state index in [1.165, 1.54) is 64.9 Å². The van der Waals surface area contributed by atoms with Crippen LogP contribution in [0.2, 0.25) is 0 Å².